The Labute approximate surface area is 175 Å². The highest BCUT2D eigenvalue weighted by Crippen LogP contribution is 2.17. The van der Waals surface area contributed by atoms with Crippen molar-refractivity contribution in [2.75, 3.05) is 6.61 Å². The third-order valence-corrected chi connectivity index (χ3v) is 4.83. The van der Waals surface area contributed by atoms with E-state index in [9.17, 15) is 14.0 Å². The predicted octanol–water partition coefficient (Wildman–Crippen LogP) is 6.76. The van der Waals surface area contributed by atoms with Crippen LogP contribution in [0.5, 0.6) is 5.75 Å². The van der Waals surface area contributed by atoms with Crippen molar-refractivity contribution in [2.45, 2.75) is 96.8 Å². The van der Waals surface area contributed by atoms with Crippen LogP contribution >= 0.6 is 0 Å². The summed E-state index contributed by atoms with van der Waals surface area (Å²) in [7, 11) is 0. The second-order valence-electron chi connectivity index (χ2n) is 7.51. The van der Waals surface area contributed by atoms with E-state index in [1.807, 2.05) is 0 Å². The fourth-order valence-corrected chi connectivity index (χ4v) is 3.09. The van der Waals surface area contributed by atoms with E-state index in [4.69, 9.17) is 9.47 Å². The first-order valence-electron chi connectivity index (χ1n) is 11.2. The number of unbranched alkanes of at least 4 members (excludes halogenated alkanes) is 10. The van der Waals surface area contributed by atoms with Crippen LogP contribution in [0, 0.1) is 5.82 Å². The van der Waals surface area contributed by atoms with Crippen LogP contribution in [-0.4, -0.2) is 18.5 Å². The van der Waals surface area contributed by atoms with Crippen molar-refractivity contribution in [3.8, 4) is 5.75 Å². The molecule has 0 saturated heterocycles. The summed E-state index contributed by atoms with van der Waals surface area (Å²) in [4.78, 5) is 23.4. The van der Waals surface area contributed by atoms with Crippen molar-refractivity contribution >= 4 is 11.9 Å². The Morgan fingerprint density at radius 2 is 1.31 bits per heavy atom. The lowest BCUT2D eigenvalue weighted by atomic mass is 10.1. The van der Waals surface area contributed by atoms with Gasteiger partial charge in [-0.15, -0.1) is 0 Å². The lowest BCUT2D eigenvalue weighted by molar-refractivity contribution is -0.144. The third kappa shape index (κ3) is 13.8. The minimum absolute atomic E-state index is 0.0131. The van der Waals surface area contributed by atoms with E-state index in [0.717, 1.165) is 51.4 Å². The molecule has 4 nitrogen and oxygen atoms in total. The van der Waals surface area contributed by atoms with Gasteiger partial charge >= 0.3 is 11.9 Å². The summed E-state index contributed by atoms with van der Waals surface area (Å²) in [6.45, 7) is 2.75. The van der Waals surface area contributed by atoms with Crippen LogP contribution in [0.2, 0.25) is 0 Å². The van der Waals surface area contributed by atoms with Gasteiger partial charge in [0, 0.05) is 12.8 Å². The number of rotatable bonds is 17. The van der Waals surface area contributed by atoms with Crippen molar-refractivity contribution in [2.24, 2.45) is 0 Å². The van der Waals surface area contributed by atoms with Crippen LogP contribution in [0.25, 0.3) is 0 Å². The summed E-state index contributed by atoms with van der Waals surface area (Å²) in [6, 6.07) is 5.91. The zero-order chi connectivity index (χ0) is 21.2. The minimum Gasteiger partial charge on any atom is -0.466 e. The van der Waals surface area contributed by atoms with Gasteiger partial charge in [-0.1, -0.05) is 76.8 Å². The molecule has 0 spiro atoms. The van der Waals surface area contributed by atoms with Crippen LogP contribution in [-0.2, 0) is 14.3 Å². The summed E-state index contributed by atoms with van der Waals surface area (Å²) in [5, 5.41) is 0. The number of carbonyl (C=O) groups is 2. The zero-order valence-corrected chi connectivity index (χ0v) is 17.9. The van der Waals surface area contributed by atoms with E-state index in [2.05, 4.69) is 6.92 Å². The van der Waals surface area contributed by atoms with E-state index in [1.165, 1.54) is 37.8 Å². The van der Waals surface area contributed by atoms with E-state index in [1.54, 1.807) is 12.1 Å². The Morgan fingerprint density at radius 3 is 1.97 bits per heavy atom. The SMILES string of the molecule is CCCCCCCCOC(=O)CCCCCCCCC(=O)Oc1ccccc1F. The average Bonchev–Trinajstić information content (AvgIpc) is 2.71. The Kier molecular flexibility index (Phi) is 14.7. The maximum absolute atomic E-state index is 13.4. The molecular formula is C24H37FO4. The summed E-state index contributed by atoms with van der Waals surface area (Å²) in [5.74, 6) is -1.02. The van der Waals surface area contributed by atoms with Crippen molar-refractivity contribution in [3.05, 3.63) is 30.1 Å². The average molecular weight is 409 g/mol. The molecule has 0 bridgehead atoms. The molecule has 0 aliphatic carbocycles. The molecule has 1 rings (SSSR count). The Hall–Kier alpha value is -1.91. The first kappa shape index (κ1) is 25.1. The molecule has 0 amide bonds. The molecule has 1 aromatic rings. The fourth-order valence-electron chi connectivity index (χ4n) is 3.09. The standard InChI is InChI=1S/C24H37FO4/c1-2-3-4-5-10-15-20-28-23(26)18-11-8-6-7-9-12-19-24(27)29-22-17-14-13-16-21(22)25/h13-14,16-17H,2-12,15,18-20H2,1H3. The largest absolute Gasteiger partial charge is 0.466 e. The molecule has 29 heavy (non-hydrogen) atoms. The minimum atomic E-state index is -0.522. The smallest absolute Gasteiger partial charge is 0.311 e. The van der Waals surface area contributed by atoms with Gasteiger partial charge in [-0.05, 0) is 31.4 Å². The Morgan fingerprint density at radius 1 is 0.759 bits per heavy atom. The number of esters is 2. The van der Waals surface area contributed by atoms with Gasteiger partial charge in [0.05, 0.1) is 6.61 Å². The number of carbonyl (C=O) groups excluding carboxylic acids is 2. The van der Waals surface area contributed by atoms with E-state index in [0.29, 0.717) is 19.4 Å². The van der Waals surface area contributed by atoms with Gasteiger partial charge < -0.3 is 9.47 Å². The highest BCUT2D eigenvalue weighted by molar-refractivity contribution is 5.72. The maximum Gasteiger partial charge on any atom is 0.311 e. The Bertz CT molecular complexity index is 574. The topological polar surface area (TPSA) is 52.6 Å². The molecule has 0 radical (unpaired) electrons. The van der Waals surface area contributed by atoms with Gasteiger partial charge in [0.2, 0.25) is 0 Å². The second kappa shape index (κ2) is 17.0. The van der Waals surface area contributed by atoms with Crippen LogP contribution in [0.3, 0.4) is 0 Å². The van der Waals surface area contributed by atoms with Crippen LogP contribution in [0.4, 0.5) is 4.39 Å². The van der Waals surface area contributed by atoms with E-state index >= 15 is 0 Å². The monoisotopic (exact) mass is 408 g/mol. The first-order chi connectivity index (χ1) is 14.1. The number of para-hydroxylation sites is 1. The summed E-state index contributed by atoms with van der Waals surface area (Å²) in [5.41, 5.74) is 0. The van der Waals surface area contributed by atoms with Crippen LogP contribution < -0.4 is 4.74 Å². The predicted molar refractivity (Wildman–Crippen MR) is 113 cm³/mol. The van der Waals surface area contributed by atoms with Crippen molar-refractivity contribution < 1.29 is 23.5 Å². The van der Waals surface area contributed by atoms with E-state index < -0.39 is 11.8 Å². The molecule has 0 saturated carbocycles. The van der Waals surface area contributed by atoms with Crippen molar-refractivity contribution in [1.82, 2.24) is 0 Å². The highest BCUT2D eigenvalue weighted by atomic mass is 19.1. The van der Waals surface area contributed by atoms with Gasteiger partial charge in [0.25, 0.3) is 0 Å². The molecule has 0 heterocycles. The molecule has 0 unspecified atom stereocenters. The normalized spacial score (nSPS) is 10.7. The van der Waals surface area contributed by atoms with E-state index in [-0.39, 0.29) is 11.7 Å². The molecule has 0 fully saturated rings. The van der Waals surface area contributed by atoms with Crippen LogP contribution in [0.1, 0.15) is 96.8 Å². The van der Waals surface area contributed by atoms with Gasteiger partial charge in [0.15, 0.2) is 11.6 Å². The number of halogens is 1. The number of hydrogen-bond donors (Lipinski definition) is 0. The highest BCUT2D eigenvalue weighted by Gasteiger charge is 2.08. The zero-order valence-electron chi connectivity index (χ0n) is 17.9. The maximum atomic E-state index is 13.4. The van der Waals surface area contributed by atoms with Crippen LogP contribution in [0.15, 0.2) is 24.3 Å². The van der Waals surface area contributed by atoms with Gasteiger partial charge in [-0.25, -0.2) is 4.39 Å². The van der Waals surface area contributed by atoms with Gasteiger partial charge in [-0.3, -0.25) is 9.59 Å². The number of ether oxygens (including phenoxy) is 2. The molecule has 1 aromatic carbocycles. The van der Waals surface area contributed by atoms with Crippen molar-refractivity contribution in [1.29, 1.82) is 0 Å². The Balaban J connectivity index is 1.88. The molecule has 5 heteroatoms. The lowest BCUT2D eigenvalue weighted by Crippen LogP contribution is -2.08. The number of hydrogen-bond acceptors (Lipinski definition) is 4. The lowest BCUT2D eigenvalue weighted by Gasteiger charge is -2.06. The molecule has 164 valence electrons. The first-order valence-corrected chi connectivity index (χ1v) is 11.2. The summed E-state index contributed by atoms with van der Waals surface area (Å²) in [6.07, 6.45) is 13.5. The fraction of sp³-hybridized carbons (Fsp3) is 0.667. The van der Waals surface area contributed by atoms with Gasteiger partial charge in [0.1, 0.15) is 0 Å². The summed E-state index contributed by atoms with van der Waals surface area (Å²) < 4.78 is 23.7. The second-order valence-corrected chi connectivity index (χ2v) is 7.51. The number of benzene rings is 1. The molecule has 0 aromatic heterocycles. The molecule has 0 aliphatic heterocycles. The quantitative estimate of drug-likeness (QED) is 0.162. The molecule has 0 aliphatic rings. The molecular weight excluding hydrogens is 371 g/mol. The molecule has 0 N–H and O–H groups in total. The van der Waals surface area contributed by atoms with Gasteiger partial charge in [-0.2, -0.15) is 0 Å². The van der Waals surface area contributed by atoms with Crippen molar-refractivity contribution in [3.63, 3.8) is 0 Å². The molecule has 0 atom stereocenters. The third-order valence-electron chi connectivity index (χ3n) is 4.83. The summed E-state index contributed by atoms with van der Waals surface area (Å²) >= 11 is 0.